The maximum absolute atomic E-state index is 12.1. The van der Waals surface area contributed by atoms with Gasteiger partial charge in [-0.25, -0.2) is 0 Å². The molecule has 0 bridgehead atoms. The molecule has 0 heterocycles. The molecule has 1 aromatic rings. The van der Waals surface area contributed by atoms with Crippen LogP contribution in [0.15, 0.2) is 24.3 Å². The second-order valence-corrected chi connectivity index (χ2v) is 6.09. The molecule has 1 aliphatic carbocycles. The number of aliphatic carboxylic acids is 1. The van der Waals surface area contributed by atoms with Crippen molar-refractivity contribution in [3.63, 3.8) is 0 Å². The van der Waals surface area contributed by atoms with Crippen molar-refractivity contribution in [1.82, 2.24) is 5.32 Å². The van der Waals surface area contributed by atoms with Crippen molar-refractivity contribution in [2.24, 2.45) is 5.41 Å². The highest BCUT2D eigenvalue weighted by Crippen LogP contribution is 2.39. The Balaban J connectivity index is 1.92. The molecule has 0 unspecified atom stereocenters. The predicted octanol–water partition coefficient (Wildman–Crippen LogP) is 3.04. The smallest absolute Gasteiger partial charge is 0.310 e. The van der Waals surface area contributed by atoms with Gasteiger partial charge in [-0.05, 0) is 25.3 Å². The van der Waals surface area contributed by atoms with Gasteiger partial charge in [0.15, 0.2) is 0 Å². The number of carbonyl (C=O) groups is 2. The summed E-state index contributed by atoms with van der Waals surface area (Å²) in [5.74, 6) is -0.992. The Kier molecular flexibility index (Phi) is 4.99. The first-order valence-electron chi connectivity index (χ1n) is 7.57. The molecule has 1 aromatic carbocycles. The molecule has 4 nitrogen and oxygen atoms in total. The van der Waals surface area contributed by atoms with E-state index in [4.69, 9.17) is 0 Å². The van der Waals surface area contributed by atoms with Crippen molar-refractivity contribution in [2.45, 2.75) is 52.0 Å². The molecule has 4 heteroatoms. The second kappa shape index (κ2) is 6.74. The topological polar surface area (TPSA) is 66.4 Å². The number of carboxylic acid groups (broad SMARTS) is 1. The summed E-state index contributed by atoms with van der Waals surface area (Å²) in [6, 6.07) is 7.94. The molecule has 0 atom stereocenters. The summed E-state index contributed by atoms with van der Waals surface area (Å²) >= 11 is 0. The average Bonchev–Trinajstić information content (AvgIpc) is 2.46. The Hall–Kier alpha value is -1.84. The van der Waals surface area contributed by atoms with Crippen LogP contribution < -0.4 is 5.32 Å². The van der Waals surface area contributed by atoms with Crippen LogP contribution in [0.1, 0.15) is 49.7 Å². The fourth-order valence-electron chi connectivity index (χ4n) is 3.09. The highest BCUT2D eigenvalue weighted by molar-refractivity contribution is 5.85. The summed E-state index contributed by atoms with van der Waals surface area (Å²) in [6.07, 6.45) is 4.18. The van der Waals surface area contributed by atoms with Gasteiger partial charge in [0.25, 0.3) is 0 Å². The molecule has 21 heavy (non-hydrogen) atoms. The van der Waals surface area contributed by atoms with Gasteiger partial charge in [0.1, 0.15) is 0 Å². The van der Waals surface area contributed by atoms with Crippen LogP contribution >= 0.6 is 0 Å². The zero-order chi connectivity index (χ0) is 15.3. The maximum atomic E-state index is 12.1. The van der Waals surface area contributed by atoms with Gasteiger partial charge in [0, 0.05) is 13.0 Å². The minimum atomic E-state index is -0.852. The molecule has 0 saturated heterocycles. The van der Waals surface area contributed by atoms with E-state index >= 15 is 0 Å². The van der Waals surface area contributed by atoms with E-state index in [1.807, 2.05) is 31.2 Å². The Bertz CT molecular complexity index is 519. The molecule has 0 radical (unpaired) electrons. The summed E-state index contributed by atoms with van der Waals surface area (Å²) in [5, 5.41) is 12.3. The van der Waals surface area contributed by atoms with E-state index < -0.39 is 11.4 Å². The van der Waals surface area contributed by atoms with Crippen LogP contribution in [0.3, 0.4) is 0 Å². The monoisotopic (exact) mass is 289 g/mol. The lowest BCUT2D eigenvalue weighted by molar-refractivity contribution is -0.154. The van der Waals surface area contributed by atoms with Crippen molar-refractivity contribution in [1.29, 1.82) is 0 Å². The van der Waals surface area contributed by atoms with Gasteiger partial charge in [-0.15, -0.1) is 0 Å². The first-order chi connectivity index (χ1) is 10.0. The molecule has 0 spiro atoms. The van der Waals surface area contributed by atoms with E-state index in [1.165, 1.54) is 0 Å². The summed E-state index contributed by atoms with van der Waals surface area (Å²) < 4.78 is 0. The Morgan fingerprint density at radius 2 is 1.95 bits per heavy atom. The third-order valence-electron chi connectivity index (χ3n) is 4.34. The van der Waals surface area contributed by atoms with E-state index in [9.17, 15) is 14.7 Å². The van der Waals surface area contributed by atoms with E-state index in [0.717, 1.165) is 30.4 Å². The molecule has 1 amide bonds. The van der Waals surface area contributed by atoms with Gasteiger partial charge < -0.3 is 10.4 Å². The number of hydrogen-bond acceptors (Lipinski definition) is 2. The minimum Gasteiger partial charge on any atom is -0.481 e. The second-order valence-electron chi connectivity index (χ2n) is 6.09. The number of nitrogens with one attached hydrogen (secondary N) is 1. The normalized spacial score (nSPS) is 17.2. The van der Waals surface area contributed by atoms with Crippen molar-refractivity contribution in [3.05, 3.63) is 35.4 Å². The van der Waals surface area contributed by atoms with Crippen molar-refractivity contribution < 1.29 is 14.7 Å². The molecular formula is C17H23NO3. The van der Waals surface area contributed by atoms with E-state index in [1.54, 1.807) is 0 Å². The SMILES string of the molecule is Cc1cccc(CNC(=O)CC2(C(=O)O)CCCCC2)c1. The molecule has 2 rings (SSSR count). The van der Waals surface area contributed by atoms with Crippen LogP contribution in [0.25, 0.3) is 0 Å². The molecule has 0 aliphatic heterocycles. The number of amides is 1. The molecular weight excluding hydrogens is 266 g/mol. The molecule has 1 fully saturated rings. The van der Waals surface area contributed by atoms with Crippen molar-refractivity contribution in [2.75, 3.05) is 0 Å². The Morgan fingerprint density at radius 1 is 1.24 bits per heavy atom. The molecule has 1 aliphatic rings. The minimum absolute atomic E-state index is 0.0914. The molecule has 0 aromatic heterocycles. The molecule has 2 N–H and O–H groups in total. The number of carboxylic acids is 1. The fourth-order valence-corrected chi connectivity index (χ4v) is 3.09. The maximum Gasteiger partial charge on any atom is 0.310 e. The van der Waals surface area contributed by atoms with Gasteiger partial charge >= 0.3 is 5.97 Å². The highest BCUT2D eigenvalue weighted by atomic mass is 16.4. The predicted molar refractivity (Wildman–Crippen MR) is 80.8 cm³/mol. The number of rotatable bonds is 5. The van der Waals surface area contributed by atoms with Crippen LogP contribution in [0.2, 0.25) is 0 Å². The van der Waals surface area contributed by atoms with Crippen LogP contribution in [0.5, 0.6) is 0 Å². The lowest BCUT2D eigenvalue weighted by atomic mass is 9.71. The molecule has 114 valence electrons. The number of carbonyl (C=O) groups excluding carboxylic acids is 1. The van der Waals surface area contributed by atoms with Gasteiger partial charge in [0.2, 0.25) is 5.91 Å². The summed E-state index contributed by atoms with van der Waals surface area (Å²) in [6.45, 7) is 2.46. The largest absolute Gasteiger partial charge is 0.481 e. The van der Waals surface area contributed by atoms with Gasteiger partial charge in [0.05, 0.1) is 5.41 Å². The van der Waals surface area contributed by atoms with Crippen molar-refractivity contribution in [3.8, 4) is 0 Å². The van der Waals surface area contributed by atoms with Crippen LogP contribution in [-0.4, -0.2) is 17.0 Å². The zero-order valence-corrected chi connectivity index (χ0v) is 12.5. The van der Waals surface area contributed by atoms with E-state index in [0.29, 0.717) is 19.4 Å². The van der Waals surface area contributed by atoms with Gasteiger partial charge in [-0.1, -0.05) is 49.1 Å². The first kappa shape index (κ1) is 15.5. The zero-order valence-electron chi connectivity index (χ0n) is 12.5. The number of hydrogen-bond donors (Lipinski definition) is 2. The van der Waals surface area contributed by atoms with E-state index in [-0.39, 0.29) is 12.3 Å². The highest BCUT2D eigenvalue weighted by Gasteiger charge is 2.41. The van der Waals surface area contributed by atoms with Crippen molar-refractivity contribution >= 4 is 11.9 Å². The number of aryl methyl sites for hydroxylation is 1. The summed E-state index contributed by atoms with van der Waals surface area (Å²) in [7, 11) is 0. The fraction of sp³-hybridized carbons (Fsp3) is 0.529. The average molecular weight is 289 g/mol. The quantitative estimate of drug-likeness (QED) is 0.875. The third-order valence-corrected chi connectivity index (χ3v) is 4.34. The van der Waals surface area contributed by atoms with Crippen LogP contribution in [0.4, 0.5) is 0 Å². The molecule has 1 saturated carbocycles. The standard InChI is InChI=1S/C17H23NO3/c1-13-6-5-7-14(10-13)12-18-15(19)11-17(16(20)21)8-3-2-4-9-17/h5-7,10H,2-4,8-9,11-12H2,1H3,(H,18,19)(H,20,21). The summed E-state index contributed by atoms with van der Waals surface area (Å²) in [4.78, 5) is 23.7. The lowest BCUT2D eigenvalue weighted by Gasteiger charge is -2.32. The van der Waals surface area contributed by atoms with Crippen LogP contribution in [-0.2, 0) is 16.1 Å². The third kappa shape index (κ3) is 4.06. The lowest BCUT2D eigenvalue weighted by Crippen LogP contribution is -2.39. The van der Waals surface area contributed by atoms with Gasteiger partial charge in [-0.3, -0.25) is 9.59 Å². The Labute approximate surface area is 125 Å². The van der Waals surface area contributed by atoms with Crippen LogP contribution in [0, 0.1) is 12.3 Å². The summed E-state index contributed by atoms with van der Waals surface area (Å²) in [5.41, 5.74) is 1.34. The first-order valence-corrected chi connectivity index (χ1v) is 7.57. The van der Waals surface area contributed by atoms with E-state index in [2.05, 4.69) is 5.32 Å². The number of benzene rings is 1. The Morgan fingerprint density at radius 3 is 2.57 bits per heavy atom. The van der Waals surface area contributed by atoms with Gasteiger partial charge in [-0.2, -0.15) is 0 Å².